The van der Waals surface area contributed by atoms with E-state index in [1.54, 1.807) is 23.5 Å². The zero-order chi connectivity index (χ0) is 21.2. The second kappa shape index (κ2) is 8.43. The highest BCUT2D eigenvalue weighted by Gasteiger charge is 2.28. The zero-order valence-electron chi connectivity index (χ0n) is 16.8. The summed E-state index contributed by atoms with van der Waals surface area (Å²) in [6.07, 6.45) is 3.55. The predicted octanol–water partition coefficient (Wildman–Crippen LogP) is 3.30. The molecule has 1 saturated heterocycles. The molecule has 5 rings (SSSR count). The smallest absolute Gasteiger partial charge is 0.261 e. The van der Waals surface area contributed by atoms with E-state index in [1.165, 1.54) is 10.9 Å². The van der Waals surface area contributed by atoms with Crippen LogP contribution in [0.25, 0.3) is 22.4 Å². The summed E-state index contributed by atoms with van der Waals surface area (Å²) >= 11 is 1.58. The highest BCUT2D eigenvalue weighted by atomic mass is 32.1. The number of carbonyl (C=O) groups is 1. The lowest BCUT2D eigenvalue weighted by Gasteiger charge is -2.31. The number of amides is 1. The lowest BCUT2D eigenvalue weighted by molar-refractivity contribution is -0.132. The second-order valence-electron chi connectivity index (χ2n) is 7.65. The molecule has 0 bridgehead atoms. The molecule has 158 valence electrons. The molecule has 0 aliphatic carbocycles. The number of aryl methyl sites for hydroxylation is 1. The van der Waals surface area contributed by atoms with Gasteiger partial charge in [-0.25, -0.2) is 4.98 Å². The molecular formula is C22H21N5O3S. The summed E-state index contributed by atoms with van der Waals surface area (Å²) < 4.78 is 7.38. The van der Waals surface area contributed by atoms with Crippen LogP contribution < -0.4 is 5.56 Å². The van der Waals surface area contributed by atoms with Crippen molar-refractivity contribution in [2.75, 3.05) is 13.1 Å². The highest BCUT2D eigenvalue weighted by Crippen LogP contribution is 2.29. The number of piperidine rings is 1. The Bertz CT molecular complexity index is 1260. The van der Waals surface area contributed by atoms with Crippen molar-refractivity contribution in [3.63, 3.8) is 0 Å². The van der Waals surface area contributed by atoms with Crippen LogP contribution in [-0.4, -0.2) is 43.6 Å². The number of aromatic nitrogens is 4. The number of rotatable bonds is 5. The Morgan fingerprint density at radius 2 is 2.13 bits per heavy atom. The third kappa shape index (κ3) is 4.00. The van der Waals surface area contributed by atoms with Crippen LogP contribution in [0.4, 0.5) is 0 Å². The lowest BCUT2D eigenvalue weighted by Crippen LogP contribution is -2.39. The standard InChI is InChI=1S/C22H21N5O3S/c28-19(7-10-27-14-23-18-6-2-1-5-17(18)22(27)29)26-9-3-4-15(12-26)20-24-25-21(30-20)16-8-11-31-13-16/h1-2,5-6,8,11,13-15H,3-4,7,9-10,12H2/t15-/m1/s1. The molecular weight excluding hydrogens is 414 g/mol. The normalized spacial score (nSPS) is 16.6. The van der Waals surface area contributed by atoms with E-state index in [0.29, 0.717) is 42.3 Å². The number of fused-ring (bicyclic) bond motifs is 1. The van der Waals surface area contributed by atoms with Crippen molar-refractivity contribution < 1.29 is 9.21 Å². The van der Waals surface area contributed by atoms with E-state index in [1.807, 2.05) is 33.9 Å². The topological polar surface area (TPSA) is 94.1 Å². The number of carbonyl (C=O) groups excluding carboxylic acids is 1. The number of para-hydroxylation sites is 1. The molecule has 0 N–H and O–H groups in total. The van der Waals surface area contributed by atoms with E-state index in [4.69, 9.17) is 4.42 Å². The largest absolute Gasteiger partial charge is 0.420 e. The number of hydrogen-bond acceptors (Lipinski definition) is 7. The minimum absolute atomic E-state index is 0.0160. The summed E-state index contributed by atoms with van der Waals surface area (Å²) in [5, 5.41) is 12.9. The van der Waals surface area contributed by atoms with Gasteiger partial charge in [-0.2, -0.15) is 11.3 Å². The van der Waals surface area contributed by atoms with Crippen LogP contribution in [0.5, 0.6) is 0 Å². The molecule has 1 fully saturated rings. The van der Waals surface area contributed by atoms with Gasteiger partial charge in [-0.3, -0.25) is 14.2 Å². The van der Waals surface area contributed by atoms with Crippen molar-refractivity contribution in [2.45, 2.75) is 31.7 Å². The molecule has 0 spiro atoms. The second-order valence-corrected chi connectivity index (χ2v) is 8.43. The zero-order valence-corrected chi connectivity index (χ0v) is 17.6. The summed E-state index contributed by atoms with van der Waals surface area (Å²) in [6.45, 7) is 1.56. The van der Waals surface area contributed by atoms with Crippen molar-refractivity contribution in [3.8, 4) is 11.5 Å². The van der Waals surface area contributed by atoms with Gasteiger partial charge in [-0.15, -0.1) is 10.2 Å². The number of hydrogen-bond donors (Lipinski definition) is 0. The number of likely N-dealkylation sites (tertiary alicyclic amines) is 1. The predicted molar refractivity (Wildman–Crippen MR) is 117 cm³/mol. The average Bonchev–Trinajstić information content (AvgIpc) is 3.51. The molecule has 3 aromatic heterocycles. The van der Waals surface area contributed by atoms with Gasteiger partial charge in [-0.1, -0.05) is 12.1 Å². The maximum absolute atomic E-state index is 12.8. The van der Waals surface area contributed by atoms with Crippen LogP contribution in [0, 0.1) is 0 Å². The van der Waals surface area contributed by atoms with Crippen molar-refractivity contribution in [1.82, 2.24) is 24.6 Å². The minimum atomic E-state index is -0.123. The SMILES string of the molecule is O=C(CCn1cnc2ccccc2c1=O)N1CCC[C@@H](c2nnc(-c3ccsc3)o2)C1. The Labute approximate surface area is 182 Å². The third-order valence-electron chi connectivity index (χ3n) is 5.63. The Kier molecular flexibility index (Phi) is 5.33. The van der Waals surface area contributed by atoms with Crippen LogP contribution in [0.1, 0.15) is 31.1 Å². The van der Waals surface area contributed by atoms with Gasteiger partial charge in [0.1, 0.15) is 0 Å². The molecule has 4 heterocycles. The van der Waals surface area contributed by atoms with Crippen LogP contribution in [0.3, 0.4) is 0 Å². The van der Waals surface area contributed by atoms with Crippen LogP contribution in [-0.2, 0) is 11.3 Å². The first-order valence-electron chi connectivity index (χ1n) is 10.3. The molecule has 0 unspecified atom stereocenters. The van der Waals surface area contributed by atoms with E-state index in [-0.39, 0.29) is 23.8 Å². The van der Waals surface area contributed by atoms with Crippen LogP contribution in [0.15, 0.2) is 56.6 Å². The van der Waals surface area contributed by atoms with Gasteiger partial charge in [0.05, 0.1) is 23.1 Å². The Hall–Kier alpha value is -3.33. The van der Waals surface area contributed by atoms with E-state index >= 15 is 0 Å². The van der Waals surface area contributed by atoms with Crippen LogP contribution in [0.2, 0.25) is 0 Å². The summed E-state index contributed by atoms with van der Waals surface area (Å²) in [5.41, 5.74) is 1.46. The van der Waals surface area contributed by atoms with Crippen molar-refractivity contribution in [1.29, 1.82) is 0 Å². The molecule has 1 aromatic carbocycles. The fourth-order valence-corrected chi connectivity index (χ4v) is 4.58. The highest BCUT2D eigenvalue weighted by molar-refractivity contribution is 7.08. The van der Waals surface area contributed by atoms with Gasteiger partial charge in [0.2, 0.25) is 17.7 Å². The monoisotopic (exact) mass is 435 g/mol. The first-order valence-corrected chi connectivity index (χ1v) is 11.2. The van der Waals surface area contributed by atoms with Gasteiger partial charge < -0.3 is 9.32 Å². The van der Waals surface area contributed by atoms with Crippen molar-refractivity contribution in [3.05, 3.63) is 63.7 Å². The molecule has 1 amide bonds. The summed E-state index contributed by atoms with van der Waals surface area (Å²) in [5.74, 6) is 1.14. The molecule has 9 heteroatoms. The molecule has 31 heavy (non-hydrogen) atoms. The van der Waals surface area contributed by atoms with E-state index < -0.39 is 0 Å². The quantitative estimate of drug-likeness (QED) is 0.477. The van der Waals surface area contributed by atoms with Gasteiger partial charge in [0, 0.05) is 37.0 Å². The van der Waals surface area contributed by atoms with Gasteiger partial charge in [0.25, 0.3) is 5.56 Å². The molecule has 1 atom stereocenters. The average molecular weight is 436 g/mol. The third-order valence-corrected chi connectivity index (χ3v) is 6.31. The summed E-state index contributed by atoms with van der Waals surface area (Å²) in [7, 11) is 0. The Balaban J connectivity index is 1.24. The molecule has 8 nitrogen and oxygen atoms in total. The van der Waals surface area contributed by atoms with E-state index in [0.717, 1.165) is 18.4 Å². The molecule has 1 aliphatic rings. The van der Waals surface area contributed by atoms with E-state index in [9.17, 15) is 9.59 Å². The van der Waals surface area contributed by atoms with Gasteiger partial charge >= 0.3 is 0 Å². The fraction of sp³-hybridized carbons (Fsp3) is 0.318. The number of thiophene rings is 1. The fourth-order valence-electron chi connectivity index (χ4n) is 3.95. The molecule has 0 radical (unpaired) electrons. The maximum Gasteiger partial charge on any atom is 0.261 e. The maximum atomic E-state index is 12.8. The van der Waals surface area contributed by atoms with Gasteiger partial charge in [0.15, 0.2) is 0 Å². The number of benzene rings is 1. The first kappa shape index (κ1) is 19.6. The van der Waals surface area contributed by atoms with Crippen molar-refractivity contribution in [2.24, 2.45) is 0 Å². The minimum Gasteiger partial charge on any atom is -0.420 e. The molecule has 1 aliphatic heterocycles. The van der Waals surface area contributed by atoms with E-state index in [2.05, 4.69) is 15.2 Å². The van der Waals surface area contributed by atoms with Crippen LogP contribution >= 0.6 is 11.3 Å². The molecule has 0 saturated carbocycles. The first-order chi connectivity index (χ1) is 15.2. The summed E-state index contributed by atoms with van der Waals surface area (Å²) in [4.78, 5) is 31.6. The molecule has 4 aromatic rings. The Morgan fingerprint density at radius 3 is 3.00 bits per heavy atom. The number of nitrogens with zero attached hydrogens (tertiary/aromatic N) is 5. The van der Waals surface area contributed by atoms with Gasteiger partial charge in [-0.05, 0) is 36.4 Å². The summed E-state index contributed by atoms with van der Waals surface area (Å²) in [6, 6.07) is 9.18. The lowest BCUT2D eigenvalue weighted by atomic mass is 9.98. The Morgan fingerprint density at radius 1 is 1.23 bits per heavy atom. The van der Waals surface area contributed by atoms with Crippen molar-refractivity contribution >= 4 is 28.1 Å².